The van der Waals surface area contributed by atoms with Crippen molar-refractivity contribution in [1.82, 2.24) is 23.7 Å². The average Bonchev–Trinajstić information content (AvgIpc) is 3.51. The molecule has 0 spiro atoms. The second kappa shape index (κ2) is 14.4. The van der Waals surface area contributed by atoms with E-state index in [1.54, 1.807) is 46.5 Å². The van der Waals surface area contributed by atoms with Crippen LogP contribution in [0.25, 0.3) is 11.3 Å². The minimum Gasteiger partial charge on any atom is -0.444 e. The van der Waals surface area contributed by atoms with Gasteiger partial charge in [-0.05, 0) is 57.7 Å². The van der Waals surface area contributed by atoms with Crippen molar-refractivity contribution < 1.29 is 27.9 Å². The summed E-state index contributed by atoms with van der Waals surface area (Å²) in [5, 5.41) is 11.8. The van der Waals surface area contributed by atoms with Gasteiger partial charge in [-0.3, -0.25) is 4.79 Å². The van der Waals surface area contributed by atoms with Crippen LogP contribution in [0.3, 0.4) is 0 Å². The Balaban J connectivity index is 1.26. The van der Waals surface area contributed by atoms with E-state index in [0.717, 1.165) is 11.1 Å². The number of imidazole rings is 1. The van der Waals surface area contributed by atoms with E-state index in [4.69, 9.17) is 4.74 Å². The molecule has 1 atom stereocenters. The van der Waals surface area contributed by atoms with Crippen molar-refractivity contribution in [2.45, 2.75) is 68.7 Å². The van der Waals surface area contributed by atoms with Gasteiger partial charge < -0.3 is 24.2 Å². The number of aromatic nitrogens is 2. The lowest BCUT2D eigenvalue weighted by Gasteiger charge is -2.41. The molecule has 0 aliphatic carbocycles. The first kappa shape index (κ1) is 35.3. The van der Waals surface area contributed by atoms with Crippen LogP contribution in [0, 0.1) is 0 Å². The van der Waals surface area contributed by atoms with Gasteiger partial charge in [-0.1, -0.05) is 78.9 Å². The third-order valence-electron chi connectivity index (χ3n) is 9.30. The lowest BCUT2D eigenvalue weighted by molar-refractivity contribution is -0.0191. The van der Waals surface area contributed by atoms with Gasteiger partial charge in [0.2, 0.25) is 10.0 Å². The SMILES string of the molecule is CC(C)(C)OC(=O)N1CCN(C(=O)c2ncn(CC3(O)CCN(S(=O)(=O)c4ccccc4)CC3)c2-c2ccccc2)[C@H](Cc2ccccc2)C1. The maximum absolute atomic E-state index is 14.6. The van der Waals surface area contributed by atoms with Crippen LogP contribution in [-0.4, -0.2) is 99.1 Å². The van der Waals surface area contributed by atoms with Crippen molar-refractivity contribution >= 4 is 22.0 Å². The molecular weight excluding hydrogens is 655 g/mol. The Morgan fingerprint density at radius 1 is 0.880 bits per heavy atom. The predicted octanol–water partition coefficient (Wildman–Crippen LogP) is 5.07. The highest BCUT2D eigenvalue weighted by molar-refractivity contribution is 7.89. The summed E-state index contributed by atoms with van der Waals surface area (Å²) < 4.78 is 35.4. The monoisotopic (exact) mass is 699 g/mol. The molecule has 1 N–H and O–H groups in total. The van der Waals surface area contributed by atoms with Gasteiger partial charge in [-0.2, -0.15) is 4.31 Å². The summed E-state index contributed by atoms with van der Waals surface area (Å²) >= 11 is 0. The van der Waals surface area contributed by atoms with Gasteiger partial charge in [0.25, 0.3) is 5.91 Å². The van der Waals surface area contributed by atoms with E-state index in [2.05, 4.69) is 4.98 Å². The number of carbonyl (C=O) groups excluding carboxylic acids is 2. The minimum absolute atomic E-state index is 0.136. The Kier molecular flexibility index (Phi) is 10.2. The van der Waals surface area contributed by atoms with Crippen LogP contribution >= 0.6 is 0 Å². The number of piperazine rings is 1. The number of carbonyl (C=O) groups is 2. The number of piperidine rings is 1. The lowest BCUT2D eigenvalue weighted by atomic mass is 9.92. The number of benzene rings is 3. The number of hydrogen-bond donors (Lipinski definition) is 1. The van der Waals surface area contributed by atoms with Crippen molar-refractivity contribution in [2.24, 2.45) is 0 Å². The van der Waals surface area contributed by atoms with Crippen LogP contribution < -0.4 is 0 Å². The second-order valence-electron chi connectivity index (χ2n) is 14.1. The zero-order valence-electron chi connectivity index (χ0n) is 28.8. The predicted molar refractivity (Wildman–Crippen MR) is 190 cm³/mol. The van der Waals surface area contributed by atoms with Gasteiger partial charge in [-0.25, -0.2) is 18.2 Å². The Hall–Kier alpha value is -4.52. The van der Waals surface area contributed by atoms with E-state index < -0.39 is 27.3 Å². The average molecular weight is 700 g/mol. The van der Waals surface area contributed by atoms with Crippen molar-refractivity contribution in [1.29, 1.82) is 0 Å². The fourth-order valence-corrected chi connectivity index (χ4v) is 8.19. The van der Waals surface area contributed by atoms with Crippen LogP contribution in [0.1, 0.15) is 49.7 Å². The fraction of sp³-hybridized carbons (Fsp3) is 0.395. The summed E-state index contributed by atoms with van der Waals surface area (Å²) in [5.74, 6) is -0.261. The molecule has 2 aliphatic rings. The molecule has 4 aromatic rings. The molecule has 2 amide bonds. The molecule has 2 saturated heterocycles. The summed E-state index contributed by atoms with van der Waals surface area (Å²) in [6, 6.07) is 27.4. The molecule has 264 valence electrons. The fourth-order valence-electron chi connectivity index (χ4n) is 6.73. The maximum Gasteiger partial charge on any atom is 0.410 e. The summed E-state index contributed by atoms with van der Waals surface area (Å²) in [6.07, 6.45) is 2.16. The number of nitrogens with zero attached hydrogens (tertiary/aromatic N) is 5. The highest BCUT2D eigenvalue weighted by Crippen LogP contribution is 2.32. The van der Waals surface area contributed by atoms with E-state index in [0.29, 0.717) is 31.7 Å². The highest BCUT2D eigenvalue weighted by atomic mass is 32.2. The quantitative estimate of drug-likeness (QED) is 0.272. The molecule has 0 radical (unpaired) electrons. The van der Waals surface area contributed by atoms with Crippen molar-refractivity contribution in [3.63, 3.8) is 0 Å². The summed E-state index contributed by atoms with van der Waals surface area (Å²) in [7, 11) is -3.68. The molecule has 2 fully saturated rings. The number of amides is 2. The van der Waals surface area contributed by atoms with Crippen LogP contribution in [0.2, 0.25) is 0 Å². The van der Waals surface area contributed by atoms with Gasteiger partial charge >= 0.3 is 6.09 Å². The molecule has 2 aliphatic heterocycles. The molecule has 11 nitrogen and oxygen atoms in total. The third kappa shape index (κ3) is 7.93. The minimum atomic E-state index is -3.68. The summed E-state index contributed by atoms with van der Waals surface area (Å²) in [6.45, 7) is 6.88. The topological polar surface area (TPSA) is 125 Å². The van der Waals surface area contributed by atoms with Gasteiger partial charge in [0.05, 0.1) is 35.1 Å². The maximum atomic E-state index is 14.6. The Morgan fingerprint density at radius 3 is 2.10 bits per heavy atom. The first-order valence-corrected chi connectivity index (χ1v) is 18.5. The van der Waals surface area contributed by atoms with Crippen molar-refractivity contribution in [3.05, 3.63) is 109 Å². The number of aliphatic hydroxyl groups is 1. The normalized spacial score (nSPS) is 18.5. The largest absolute Gasteiger partial charge is 0.444 e. The molecule has 3 aromatic carbocycles. The van der Waals surface area contributed by atoms with Gasteiger partial charge in [0.15, 0.2) is 5.69 Å². The molecular formula is C38H45N5O6S. The Morgan fingerprint density at radius 2 is 1.48 bits per heavy atom. The number of rotatable bonds is 8. The second-order valence-corrected chi connectivity index (χ2v) is 16.1. The zero-order chi connectivity index (χ0) is 35.5. The number of hydrogen-bond acceptors (Lipinski definition) is 7. The van der Waals surface area contributed by atoms with E-state index in [9.17, 15) is 23.1 Å². The van der Waals surface area contributed by atoms with Crippen LogP contribution in [0.4, 0.5) is 4.79 Å². The third-order valence-corrected chi connectivity index (χ3v) is 11.2. The smallest absolute Gasteiger partial charge is 0.410 e. The molecule has 0 unspecified atom stereocenters. The molecule has 12 heteroatoms. The van der Waals surface area contributed by atoms with Crippen LogP contribution in [0.5, 0.6) is 0 Å². The summed E-state index contributed by atoms with van der Waals surface area (Å²) in [4.78, 5) is 36.0. The van der Waals surface area contributed by atoms with E-state index in [-0.39, 0.29) is 55.0 Å². The van der Waals surface area contributed by atoms with Crippen molar-refractivity contribution in [2.75, 3.05) is 32.7 Å². The molecule has 1 aromatic heterocycles. The molecule has 0 bridgehead atoms. The van der Waals surface area contributed by atoms with E-state index in [1.807, 2.05) is 86.0 Å². The first-order chi connectivity index (χ1) is 23.8. The van der Waals surface area contributed by atoms with E-state index >= 15 is 0 Å². The molecule has 0 saturated carbocycles. The van der Waals surface area contributed by atoms with Crippen molar-refractivity contribution in [3.8, 4) is 11.3 Å². The zero-order valence-corrected chi connectivity index (χ0v) is 29.6. The molecule has 50 heavy (non-hydrogen) atoms. The highest BCUT2D eigenvalue weighted by Gasteiger charge is 2.40. The van der Waals surface area contributed by atoms with Gasteiger partial charge in [0, 0.05) is 38.3 Å². The number of sulfonamides is 1. The van der Waals surface area contributed by atoms with Crippen LogP contribution in [0.15, 0.2) is 102 Å². The molecule has 6 rings (SSSR count). The van der Waals surface area contributed by atoms with E-state index in [1.165, 1.54) is 4.31 Å². The lowest BCUT2D eigenvalue weighted by Crippen LogP contribution is -2.58. The summed E-state index contributed by atoms with van der Waals surface area (Å²) in [5.41, 5.74) is 0.783. The number of ether oxygens (including phenoxy) is 1. The first-order valence-electron chi connectivity index (χ1n) is 17.0. The van der Waals surface area contributed by atoms with Gasteiger partial charge in [-0.15, -0.1) is 0 Å². The standard InChI is InChI=1S/C38H45N5O6S/c1-37(2,3)49-36(45)40-23-24-43(31(26-40)25-29-13-7-4-8-14-29)35(44)33-34(30-15-9-5-10-16-30)41(28-39-33)27-38(46)19-21-42(22-20-38)50(47,48)32-17-11-6-12-18-32/h4-18,28,31,46H,19-27H2,1-3H3/t31-/m1/s1. The van der Waals surface area contributed by atoms with Gasteiger partial charge in [0.1, 0.15) is 5.60 Å². The Labute approximate surface area is 294 Å². The van der Waals surface area contributed by atoms with Crippen LogP contribution in [-0.2, 0) is 27.7 Å². The molecule has 3 heterocycles. The Bertz CT molecular complexity index is 1890.